The van der Waals surface area contributed by atoms with Gasteiger partial charge in [-0.2, -0.15) is 0 Å². The third kappa shape index (κ3) is 18.7. The first-order chi connectivity index (χ1) is 7.58. The minimum atomic E-state index is 0.663. The molecule has 0 N–H and O–H groups in total. The zero-order chi connectivity index (χ0) is 12.8. The standard InChI is InChI=1S/C10H18.C6H10/c1-5-10(4)8-6-7-9(2)3;1-3-5-6-4-2/h5,7,10H,1,6,8H2,2-4H3;3-4,6H,1,5H2,2H3. The number of hydrogen-bond acceptors (Lipinski definition) is 0. The van der Waals surface area contributed by atoms with E-state index in [9.17, 15) is 0 Å². The largest absolute Gasteiger partial charge is 0.103 e. The molecule has 0 aliphatic carbocycles. The SMILES string of the molecule is C=CC(C)CCC=C(C)C.C=CCC=CC. The van der Waals surface area contributed by atoms with Crippen LogP contribution < -0.4 is 0 Å². The summed E-state index contributed by atoms with van der Waals surface area (Å²) in [5.74, 6) is 0.663. The number of allylic oxidation sites excluding steroid dienone is 6. The Morgan fingerprint density at radius 2 is 1.88 bits per heavy atom. The Bertz CT molecular complexity index is 214. The molecule has 0 spiro atoms. The molecule has 0 radical (unpaired) electrons. The molecular formula is C16H28. The van der Waals surface area contributed by atoms with Crippen LogP contribution in [0.4, 0.5) is 0 Å². The van der Waals surface area contributed by atoms with E-state index in [1.807, 2.05) is 25.2 Å². The van der Waals surface area contributed by atoms with Crippen molar-refractivity contribution in [2.45, 2.75) is 47.0 Å². The second-order valence-corrected chi connectivity index (χ2v) is 4.17. The second-order valence-electron chi connectivity index (χ2n) is 4.17. The molecule has 1 atom stereocenters. The van der Waals surface area contributed by atoms with E-state index >= 15 is 0 Å². The van der Waals surface area contributed by atoms with Crippen molar-refractivity contribution in [3.05, 3.63) is 49.1 Å². The highest BCUT2D eigenvalue weighted by atomic mass is 14.0. The molecule has 0 amide bonds. The molecule has 0 fully saturated rings. The first-order valence-electron chi connectivity index (χ1n) is 6.06. The average molecular weight is 220 g/mol. The van der Waals surface area contributed by atoms with Crippen LogP contribution >= 0.6 is 0 Å². The molecule has 0 bridgehead atoms. The van der Waals surface area contributed by atoms with Gasteiger partial charge in [0.2, 0.25) is 0 Å². The molecule has 0 aromatic carbocycles. The highest BCUT2D eigenvalue weighted by Gasteiger charge is 1.92. The number of rotatable bonds is 6. The fraction of sp³-hybridized carbons (Fsp3) is 0.500. The first-order valence-corrected chi connectivity index (χ1v) is 6.06. The second kappa shape index (κ2) is 14.0. The Kier molecular flexibility index (Phi) is 15.1. The van der Waals surface area contributed by atoms with Gasteiger partial charge in [0.05, 0.1) is 0 Å². The molecule has 0 aliphatic heterocycles. The predicted octanol–water partition coefficient (Wildman–Crippen LogP) is 5.69. The van der Waals surface area contributed by atoms with E-state index in [-0.39, 0.29) is 0 Å². The van der Waals surface area contributed by atoms with Crippen LogP contribution in [0.25, 0.3) is 0 Å². The van der Waals surface area contributed by atoms with Crippen LogP contribution in [0.3, 0.4) is 0 Å². The van der Waals surface area contributed by atoms with Gasteiger partial charge in [-0.05, 0) is 46.0 Å². The van der Waals surface area contributed by atoms with Gasteiger partial charge in [0.25, 0.3) is 0 Å². The van der Waals surface area contributed by atoms with E-state index in [4.69, 9.17) is 0 Å². The van der Waals surface area contributed by atoms with Crippen LogP contribution in [0.1, 0.15) is 47.0 Å². The minimum Gasteiger partial charge on any atom is -0.103 e. The molecule has 0 heterocycles. The molecule has 0 aromatic heterocycles. The molecule has 0 heteroatoms. The fourth-order valence-corrected chi connectivity index (χ4v) is 0.985. The van der Waals surface area contributed by atoms with E-state index < -0.39 is 0 Å². The van der Waals surface area contributed by atoms with Crippen molar-refractivity contribution in [2.75, 3.05) is 0 Å². The lowest BCUT2D eigenvalue weighted by molar-refractivity contribution is 0.658. The summed E-state index contributed by atoms with van der Waals surface area (Å²) in [5.41, 5.74) is 1.41. The van der Waals surface area contributed by atoms with E-state index in [2.05, 4.69) is 46.1 Å². The maximum Gasteiger partial charge on any atom is -0.0172 e. The quantitative estimate of drug-likeness (QED) is 0.504. The van der Waals surface area contributed by atoms with Crippen molar-refractivity contribution >= 4 is 0 Å². The topological polar surface area (TPSA) is 0 Å². The van der Waals surface area contributed by atoms with Gasteiger partial charge >= 0.3 is 0 Å². The summed E-state index contributed by atoms with van der Waals surface area (Å²) in [4.78, 5) is 0. The maximum absolute atomic E-state index is 3.74. The highest BCUT2D eigenvalue weighted by molar-refractivity contribution is 4.93. The molecule has 0 aromatic rings. The average Bonchev–Trinajstić information content (AvgIpc) is 2.26. The molecule has 0 nitrogen and oxygen atoms in total. The molecule has 0 aliphatic rings. The van der Waals surface area contributed by atoms with Crippen molar-refractivity contribution in [1.82, 2.24) is 0 Å². The van der Waals surface area contributed by atoms with E-state index in [0.717, 1.165) is 6.42 Å². The van der Waals surface area contributed by atoms with Crippen molar-refractivity contribution in [2.24, 2.45) is 5.92 Å². The van der Waals surface area contributed by atoms with Crippen molar-refractivity contribution < 1.29 is 0 Å². The molecule has 0 saturated heterocycles. The Morgan fingerprint density at radius 3 is 2.19 bits per heavy atom. The Morgan fingerprint density at radius 1 is 1.25 bits per heavy atom. The van der Waals surface area contributed by atoms with E-state index in [0.29, 0.717) is 5.92 Å². The molecule has 0 rings (SSSR count). The molecule has 92 valence electrons. The molecular weight excluding hydrogens is 192 g/mol. The van der Waals surface area contributed by atoms with Gasteiger partial charge in [0, 0.05) is 0 Å². The van der Waals surface area contributed by atoms with Crippen LogP contribution in [-0.2, 0) is 0 Å². The monoisotopic (exact) mass is 220 g/mol. The highest BCUT2D eigenvalue weighted by Crippen LogP contribution is 2.07. The van der Waals surface area contributed by atoms with Gasteiger partial charge in [0.1, 0.15) is 0 Å². The normalized spacial score (nSPS) is 11.2. The summed E-state index contributed by atoms with van der Waals surface area (Å²) >= 11 is 0. The van der Waals surface area contributed by atoms with Crippen LogP contribution in [0, 0.1) is 5.92 Å². The zero-order valence-electron chi connectivity index (χ0n) is 11.5. The Hall–Kier alpha value is -1.04. The maximum atomic E-state index is 3.74. The van der Waals surface area contributed by atoms with Crippen LogP contribution in [0.5, 0.6) is 0 Å². The molecule has 16 heavy (non-hydrogen) atoms. The van der Waals surface area contributed by atoms with Crippen molar-refractivity contribution in [3.63, 3.8) is 0 Å². The van der Waals surface area contributed by atoms with E-state index in [1.54, 1.807) is 0 Å². The number of hydrogen-bond donors (Lipinski definition) is 0. The minimum absolute atomic E-state index is 0.663. The van der Waals surface area contributed by atoms with Crippen molar-refractivity contribution in [3.8, 4) is 0 Å². The van der Waals surface area contributed by atoms with Gasteiger partial charge in [-0.15, -0.1) is 13.2 Å². The summed E-state index contributed by atoms with van der Waals surface area (Å²) < 4.78 is 0. The first kappa shape index (κ1) is 17.4. The molecule has 1 unspecified atom stereocenters. The van der Waals surface area contributed by atoms with Gasteiger partial charge < -0.3 is 0 Å². The lowest BCUT2D eigenvalue weighted by Crippen LogP contribution is -1.86. The summed E-state index contributed by atoms with van der Waals surface area (Å²) in [6.07, 6.45) is 13.7. The summed E-state index contributed by atoms with van der Waals surface area (Å²) in [6.45, 7) is 15.8. The van der Waals surface area contributed by atoms with Gasteiger partial charge in [0.15, 0.2) is 0 Å². The summed E-state index contributed by atoms with van der Waals surface area (Å²) in [7, 11) is 0. The van der Waals surface area contributed by atoms with Crippen LogP contribution in [-0.4, -0.2) is 0 Å². The van der Waals surface area contributed by atoms with Crippen molar-refractivity contribution in [1.29, 1.82) is 0 Å². The summed E-state index contributed by atoms with van der Waals surface area (Å²) in [5, 5.41) is 0. The Balaban J connectivity index is 0. The van der Waals surface area contributed by atoms with Crippen LogP contribution in [0.2, 0.25) is 0 Å². The van der Waals surface area contributed by atoms with Gasteiger partial charge in [-0.1, -0.05) is 42.9 Å². The van der Waals surface area contributed by atoms with Crippen LogP contribution in [0.15, 0.2) is 49.1 Å². The zero-order valence-corrected chi connectivity index (χ0v) is 11.5. The van der Waals surface area contributed by atoms with E-state index in [1.165, 1.54) is 18.4 Å². The van der Waals surface area contributed by atoms with Gasteiger partial charge in [-0.3, -0.25) is 0 Å². The third-order valence-electron chi connectivity index (χ3n) is 2.12. The lowest BCUT2D eigenvalue weighted by atomic mass is 10.1. The third-order valence-corrected chi connectivity index (χ3v) is 2.12. The lowest BCUT2D eigenvalue weighted by Gasteiger charge is -2.01. The fourth-order valence-electron chi connectivity index (χ4n) is 0.985. The molecule has 0 saturated carbocycles. The Labute approximate surface area is 102 Å². The van der Waals surface area contributed by atoms with Gasteiger partial charge in [-0.25, -0.2) is 0 Å². The summed E-state index contributed by atoms with van der Waals surface area (Å²) in [6, 6.07) is 0. The predicted molar refractivity (Wildman–Crippen MR) is 77.7 cm³/mol. The smallest absolute Gasteiger partial charge is 0.0172 e.